The molecule has 0 fully saturated rings. The lowest BCUT2D eigenvalue weighted by Crippen LogP contribution is -2.15. The zero-order valence-electron chi connectivity index (χ0n) is 16.3. The van der Waals surface area contributed by atoms with Gasteiger partial charge in [0, 0.05) is 22.3 Å². The first-order chi connectivity index (χ1) is 10.9. The number of aryl methyl sites for hydroxylation is 2. The van der Waals surface area contributed by atoms with Gasteiger partial charge in [0.1, 0.15) is 0 Å². The van der Waals surface area contributed by atoms with Crippen LogP contribution in [0.25, 0.3) is 0 Å². The molecule has 0 saturated heterocycles. The van der Waals surface area contributed by atoms with Crippen LogP contribution in [0.15, 0.2) is 46.2 Å². The van der Waals surface area contributed by atoms with Crippen LogP contribution in [0, 0.1) is 13.8 Å². The van der Waals surface area contributed by atoms with Gasteiger partial charge in [-0.25, -0.2) is 0 Å². The van der Waals surface area contributed by atoms with Crippen LogP contribution in [0.4, 0.5) is 0 Å². The highest BCUT2D eigenvalue weighted by Crippen LogP contribution is 2.33. The van der Waals surface area contributed by atoms with E-state index in [9.17, 15) is 4.55 Å². The van der Waals surface area contributed by atoms with Crippen LogP contribution in [0.3, 0.4) is 0 Å². The Balaban J connectivity index is 2.55. The minimum absolute atomic E-state index is 0.0505. The number of hydrogen-bond donors (Lipinski definition) is 0. The molecule has 0 amide bonds. The monoisotopic (exact) mass is 342 g/mol. The average Bonchev–Trinajstić information content (AvgIpc) is 2.45. The summed E-state index contributed by atoms with van der Waals surface area (Å²) in [6.45, 7) is 17.2. The molecule has 0 heterocycles. The van der Waals surface area contributed by atoms with E-state index in [-0.39, 0.29) is 10.8 Å². The fourth-order valence-corrected chi connectivity index (χ4v) is 4.08. The molecule has 2 aromatic rings. The van der Waals surface area contributed by atoms with E-state index in [0.717, 1.165) is 20.9 Å². The molecular formula is C22H30OS. The van der Waals surface area contributed by atoms with E-state index in [1.54, 1.807) is 0 Å². The lowest BCUT2D eigenvalue weighted by molar-refractivity contribution is 0.578. The van der Waals surface area contributed by atoms with E-state index in [2.05, 4.69) is 77.9 Å². The topological polar surface area (TPSA) is 23.1 Å². The molecule has 0 aliphatic rings. The van der Waals surface area contributed by atoms with Gasteiger partial charge in [-0.05, 0) is 47.9 Å². The molecule has 1 nitrogen and oxygen atoms in total. The molecule has 2 rings (SSSR count). The van der Waals surface area contributed by atoms with Crippen molar-refractivity contribution in [1.29, 1.82) is 0 Å². The van der Waals surface area contributed by atoms with Gasteiger partial charge >= 0.3 is 0 Å². The van der Waals surface area contributed by atoms with E-state index < -0.39 is 11.2 Å². The first kappa shape index (κ1) is 19.1. The molecule has 0 N–H and O–H groups in total. The zero-order valence-corrected chi connectivity index (χ0v) is 17.1. The van der Waals surface area contributed by atoms with Crippen molar-refractivity contribution in [2.24, 2.45) is 0 Å². The summed E-state index contributed by atoms with van der Waals surface area (Å²) in [5.41, 5.74) is 4.72. The Labute approximate surface area is 150 Å². The Morgan fingerprint density at radius 3 is 1.29 bits per heavy atom. The van der Waals surface area contributed by atoms with Crippen molar-refractivity contribution in [2.45, 2.75) is 76.0 Å². The van der Waals surface area contributed by atoms with E-state index in [0.29, 0.717) is 0 Å². The second kappa shape index (κ2) is 6.57. The van der Waals surface area contributed by atoms with Gasteiger partial charge in [-0.3, -0.25) is 0 Å². The van der Waals surface area contributed by atoms with Gasteiger partial charge in [-0.1, -0.05) is 65.8 Å². The molecule has 0 aliphatic carbocycles. The van der Waals surface area contributed by atoms with E-state index in [4.69, 9.17) is 0 Å². The Kier molecular flexibility index (Phi) is 5.22. The van der Waals surface area contributed by atoms with Gasteiger partial charge < -0.3 is 4.55 Å². The van der Waals surface area contributed by atoms with Crippen LogP contribution in [0.1, 0.15) is 63.8 Å². The Hall–Kier alpha value is -1.25. The highest BCUT2D eigenvalue weighted by Gasteiger charge is 2.25. The van der Waals surface area contributed by atoms with Gasteiger partial charge in [0.15, 0.2) is 9.79 Å². The predicted octanol–water partition coefficient (Wildman–Crippen LogP) is 6.07. The molecule has 2 heteroatoms. The summed E-state index contributed by atoms with van der Waals surface area (Å²) >= 11 is -1.16. The van der Waals surface area contributed by atoms with Crippen molar-refractivity contribution in [3.8, 4) is 0 Å². The summed E-state index contributed by atoms with van der Waals surface area (Å²) in [6.07, 6.45) is 0. The molecule has 0 spiro atoms. The third-order valence-electron chi connectivity index (χ3n) is 4.51. The van der Waals surface area contributed by atoms with Crippen LogP contribution in [0.5, 0.6) is 0 Å². The molecule has 0 aromatic heterocycles. The molecule has 0 atom stereocenters. The van der Waals surface area contributed by atoms with Gasteiger partial charge in [0.25, 0.3) is 0 Å². The lowest BCUT2D eigenvalue weighted by Gasteiger charge is -2.23. The minimum atomic E-state index is -1.16. The quantitative estimate of drug-likeness (QED) is 0.608. The Bertz CT molecular complexity index is 669. The summed E-state index contributed by atoms with van der Waals surface area (Å²) < 4.78 is 13.4. The lowest BCUT2D eigenvalue weighted by atomic mass is 9.87. The van der Waals surface area contributed by atoms with Crippen molar-refractivity contribution >= 4 is 11.2 Å². The second-order valence-electron chi connectivity index (χ2n) is 8.73. The third-order valence-corrected chi connectivity index (χ3v) is 6.19. The zero-order chi connectivity index (χ0) is 18.3. The third kappa shape index (κ3) is 4.04. The van der Waals surface area contributed by atoms with Gasteiger partial charge in [-0.2, -0.15) is 0 Å². The molecule has 130 valence electrons. The van der Waals surface area contributed by atoms with Crippen LogP contribution in [0.2, 0.25) is 0 Å². The van der Waals surface area contributed by atoms with Crippen molar-refractivity contribution in [2.75, 3.05) is 0 Å². The van der Waals surface area contributed by atoms with Crippen LogP contribution in [-0.2, 0) is 22.0 Å². The predicted molar refractivity (Wildman–Crippen MR) is 104 cm³/mol. The summed E-state index contributed by atoms with van der Waals surface area (Å²) in [4.78, 5) is 1.85. The average molecular weight is 343 g/mol. The molecule has 0 unspecified atom stereocenters. The molecular weight excluding hydrogens is 312 g/mol. The smallest absolute Gasteiger partial charge is 0.161 e. The summed E-state index contributed by atoms with van der Waals surface area (Å²) in [5, 5.41) is 0. The van der Waals surface area contributed by atoms with E-state index >= 15 is 0 Å². The fourth-order valence-electron chi connectivity index (χ4n) is 2.65. The summed E-state index contributed by atoms with van der Waals surface area (Å²) in [5.74, 6) is 0. The first-order valence-corrected chi connectivity index (χ1v) is 9.70. The van der Waals surface area contributed by atoms with Crippen molar-refractivity contribution in [3.63, 3.8) is 0 Å². The maximum absolute atomic E-state index is 13.4. The molecule has 0 bridgehead atoms. The SMILES string of the molecule is Cc1ccc(C(C)(C)C)cc1[S+]([O-])c1cc(C(C)(C)C)ccc1C. The number of rotatable bonds is 2. The summed E-state index contributed by atoms with van der Waals surface area (Å²) in [6, 6.07) is 12.7. The first-order valence-electron chi connectivity index (χ1n) is 8.55. The highest BCUT2D eigenvalue weighted by atomic mass is 32.2. The highest BCUT2D eigenvalue weighted by molar-refractivity contribution is 7.91. The number of benzene rings is 2. The van der Waals surface area contributed by atoms with Crippen LogP contribution < -0.4 is 0 Å². The standard InChI is InChI=1S/C22H30OS/c1-15-9-11-17(21(3,4)5)13-19(15)24(23)20-14-18(22(6,7)8)12-10-16(20)2/h9-14H,1-8H3. The van der Waals surface area contributed by atoms with E-state index in [1.165, 1.54) is 11.1 Å². The van der Waals surface area contributed by atoms with Gasteiger partial charge in [-0.15, -0.1) is 0 Å². The molecule has 0 aliphatic heterocycles. The maximum Gasteiger partial charge on any atom is 0.161 e. The van der Waals surface area contributed by atoms with E-state index in [1.807, 2.05) is 13.8 Å². The maximum atomic E-state index is 13.4. The normalized spacial score (nSPS) is 12.8. The minimum Gasteiger partial charge on any atom is -0.606 e. The van der Waals surface area contributed by atoms with Crippen molar-refractivity contribution in [3.05, 3.63) is 58.7 Å². The van der Waals surface area contributed by atoms with Crippen LogP contribution in [-0.4, -0.2) is 4.55 Å². The van der Waals surface area contributed by atoms with Crippen LogP contribution >= 0.6 is 0 Å². The number of hydrogen-bond acceptors (Lipinski definition) is 1. The van der Waals surface area contributed by atoms with Gasteiger partial charge in [0.2, 0.25) is 0 Å². The second-order valence-corrected chi connectivity index (χ2v) is 10.1. The molecule has 24 heavy (non-hydrogen) atoms. The molecule has 0 radical (unpaired) electrons. The molecule has 0 saturated carbocycles. The Morgan fingerprint density at radius 1 is 0.667 bits per heavy atom. The molecule has 2 aromatic carbocycles. The fraction of sp³-hybridized carbons (Fsp3) is 0.455. The largest absolute Gasteiger partial charge is 0.606 e. The summed E-state index contributed by atoms with van der Waals surface area (Å²) in [7, 11) is 0. The van der Waals surface area contributed by atoms with Crippen molar-refractivity contribution in [1.82, 2.24) is 0 Å². The van der Waals surface area contributed by atoms with Crippen molar-refractivity contribution < 1.29 is 4.55 Å². The Morgan fingerprint density at radius 2 is 1.00 bits per heavy atom. The van der Waals surface area contributed by atoms with Gasteiger partial charge in [0.05, 0.1) is 0 Å².